The van der Waals surface area contributed by atoms with E-state index in [9.17, 15) is 13.2 Å². The molecule has 0 amide bonds. The SMILES string of the molecule is O=c1[nH]nccc1S(=O)(=O)O. The van der Waals surface area contributed by atoms with Gasteiger partial charge in [-0.3, -0.25) is 9.35 Å². The largest absolute Gasteiger partial charge is 0.300 e. The number of aromatic amines is 1. The fourth-order valence-electron chi connectivity index (χ4n) is 0.535. The van der Waals surface area contributed by atoms with E-state index in [4.69, 9.17) is 4.55 Å². The maximum Gasteiger partial charge on any atom is 0.300 e. The van der Waals surface area contributed by atoms with Crippen molar-refractivity contribution in [3.63, 3.8) is 0 Å². The maximum atomic E-state index is 10.6. The van der Waals surface area contributed by atoms with Crippen LogP contribution in [0.3, 0.4) is 0 Å². The van der Waals surface area contributed by atoms with Crippen LogP contribution >= 0.6 is 0 Å². The van der Waals surface area contributed by atoms with E-state index in [-0.39, 0.29) is 0 Å². The summed E-state index contributed by atoms with van der Waals surface area (Å²) in [6.07, 6.45) is 1.06. The zero-order chi connectivity index (χ0) is 8.48. The molecule has 0 bridgehead atoms. The normalized spacial score (nSPS) is 11.4. The van der Waals surface area contributed by atoms with Crippen molar-refractivity contribution in [3.05, 3.63) is 22.6 Å². The van der Waals surface area contributed by atoms with Crippen LogP contribution in [-0.2, 0) is 10.1 Å². The van der Waals surface area contributed by atoms with Gasteiger partial charge in [0.15, 0.2) is 4.90 Å². The first kappa shape index (κ1) is 7.89. The average molecular weight is 176 g/mol. The van der Waals surface area contributed by atoms with Gasteiger partial charge in [0, 0.05) is 6.20 Å². The summed E-state index contributed by atoms with van der Waals surface area (Å²) >= 11 is 0. The molecule has 11 heavy (non-hydrogen) atoms. The van der Waals surface area contributed by atoms with Gasteiger partial charge in [-0.2, -0.15) is 13.5 Å². The van der Waals surface area contributed by atoms with Crippen molar-refractivity contribution >= 4 is 10.1 Å². The number of hydrogen-bond acceptors (Lipinski definition) is 4. The summed E-state index contributed by atoms with van der Waals surface area (Å²) in [4.78, 5) is 9.91. The Morgan fingerprint density at radius 1 is 1.55 bits per heavy atom. The van der Waals surface area contributed by atoms with Crippen LogP contribution in [0.2, 0.25) is 0 Å². The highest BCUT2D eigenvalue weighted by atomic mass is 32.2. The van der Waals surface area contributed by atoms with Crippen molar-refractivity contribution in [3.8, 4) is 0 Å². The Hall–Kier alpha value is -1.21. The third-order valence-electron chi connectivity index (χ3n) is 0.968. The Balaban J connectivity index is 3.50. The van der Waals surface area contributed by atoms with E-state index in [1.54, 1.807) is 0 Å². The van der Waals surface area contributed by atoms with Gasteiger partial charge in [-0.25, -0.2) is 5.10 Å². The van der Waals surface area contributed by atoms with Crippen molar-refractivity contribution in [2.75, 3.05) is 0 Å². The second-order valence-electron chi connectivity index (χ2n) is 1.73. The van der Waals surface area contributed by atoms with Gasteiger partial charge in [0.1, 0.15) is 0 Å². The lowest BCUT2D eigenvalue weighted by Crippen LogP contribution is -2.17. The Labute approximate surface area is 61.6 Å². The second kappa shape index (κ2) is 2.44. The van der Waals surface area contributed by atoms with Crippen LogP contribution < -0.4 is 5.56 Å². The Kier molecular flexibility index (Phi) is 1.75. The van der Waals surface area contributed by atoms with Gasteiger partial charge < -0.3 is 0 Å². The molecule has 1 aromatic rings. The Morgan fingerprint density at radius 3 is 2.55 bits per heavy atom. The fraction of sp³-hybridized carbons (Fsp3) is 0. The molecule has 6 nitrogen and oxygen atoms in total. The molecule has 0 saturated carbocycles. The summed E-state index contributed by atoms with van der Waals surface area (Å²) in [6.45, 7) is 0. The molecule has 1 heterocycles. The zero-order valence-corrected chi connectivity index (χ0v) is 6.00. The van der Waals surface area contributed by atoms with Crippen molar-refractivity contribution in [1.29, 1.82) is 0 Å². The molecule has 60 valence electrons. The molecule has 0 aliphatic rings. The van der Waals surface area contributed by atoms with Crippen molar-refractivity contribution in [2.24, 2.45) is 0 Å². The number of H-pyrrole nitrogens is 1. The van der Waals surface area contributed by atoms with Gasteiger partial charge in [0.25, 0.3) is 15.7 Å². The minimum absolute atomic E-state index is 0.701. The first-order valence-electron chi connectivity index (χ1n) is 2.53. The van der Waals surface area contributed by atoms with Gasteiger partial charge in [-0.15, -0.1) is 0 Å². The highest BCUT2D eigenvalue weighted by molar-refractivity contribution is 7.85. The molecule has 7 heteroatoms. The van der Waals surface area contributed by atoms with E-state index >= 15 is 0 Å². The van der Waals surface area contributed by atoms with Crippen LogP contribution in [0.4, 0.5) is 0 Å². The summed E-state index contributed by atoms with van der Waals surface area (Å²) < 4.78 is 29.1. The predicted octanol–water partition coefficient (Wildman–Crippen LogP) is -0.983. The molecular weight excluding hydrogens is 172 g/mol. The molecule has 0 fully saturated rings. The molecule has 1 aromatic heterocycles. The molecule has 0 atom stereocenters. The molecule has 0 aliphatic heterocycles. The lowest BCUT2D eigenvalue weighted by Gasteiger charge is -1.91. The Bertz CT molecular complexity index is 406. The van der Waals surface area contributed by atoms with Crippen molar-refractivity contribution in [2.45, 2.75) is 4.90 Å². The first-order valence-corrected chi connectivity index (χ1v) is 3.97. The quantitative estimate of drug-likeness (QED) is 0.535. The molecule has 0 aliphatic carbocycles. The second-order valence-corrected chi connectivity index (χ2v) is 3.12. The Morgan fingerprint density at radius 2 is 2.18 bits per heavy atom. The van der Waals surface area contributed by atoms with Crippen LogP contribution in [0.1, 0.15) is 0 Å². The van der Waals surface area contributed by atoms with E-state index in [1.807, 2.05) is 5.10 Å². The number of nitrogens with one attached hydrogen (secondary N) is 1. The zero-order valence-electron chi connectivity index (χ0n) is 5.18. The van der Waals surface area contributed by atoms with Crippen LogP contribution in [0.15, 0.2) is 22.0 Å². The summed E-state index contributed by atoms with van der Waals surface area (Å²) in [5, 5.41) is 5.11. The number of rotatable bonds is 1. The summed E-state index contributed by atoms with van der Waals surface area (Å²) in [5.41, 5.74) is -0.935. The van der Waals surface area contributed by atoms with Gasteiger partial charge >= 0.3 is 0 Å². The number of aromatic nitrogens is 2. The van der Waals surface area contributed by atoms with E-state index in [0.717, 1.165) is 12.3 Å². The molecule has 0 aromatic carbocycles. The van der Waals surface area contributed by atoms with Crippen molar-refractivity contribution < 1.29 is 13.0 Å². The number of hydrogen-bond donors (Lipinski definition) is 2. The highest BCUT2D eigenvalue weighted by Crippen LogP contribution is 1.96. The van der Waals surface area contributed by atoms with Gasteiger partial charge in [0.05, 0.1) is 0 Å². The monoisotopic (exact) mass is 176 g/mol. The molecular formula is C4H4N2O4S. The van der Waals surface area contributed by atoms with Crippen molar-refractivity contribution in [1.82, 2.24) is 10.2 Å². The lowest BCUT2D eigenvalue weighted by atomic mass is 10.6. The van der Waals surface area contributed by atoms with E-state index in [0.29, 0.717) is 0 Å². The fourth-order valence-corrected chi connectivity index (χ4v) is 1.05. The van der Waals surface area contributed by atoms with Gasteiger partial charge in [-0.05, 0) is 6.07 Å². The standard InChI is InChI=1S/C4H4N2O4S/c7-4-3(11(8,9)10)1-2-5-6-4/h1-2H,(H,6,7)(H,8,9,10). The molecule has 1 rings (SSSR count). The van der Waals surface area contributed by atoms with Crippen LogP contribution in [-0.4, -0.2) is 23.2 Å². The molecule has 0 unspecified atom stereocenters. The van der Waals surface area contributed by atoms with E-state index in [2.05, 4.69) is 5.10 Å². The summed E-state index contributed by atoms with van der Waals surface area (Å²) in [7, 11) is -4.42. The molecule has 0 radical (unpaired) electrons. The summed E-state index contributed by atoms with van der Waals surface area (Å²) in [6, 6.07) is 0.911. The first-order chi connectivity index (χ1) is 5.02. The van der Waals surface area contributed by atoms with E-state index in [1.165, 1.54) is 0 Å². The van der Waals surface area contributed by atoms with Crippen LogP contribution in [0.25, 0.3) is 0 Å². The highest BCUT2D eigenvalue weighted by Gasteiger charge is 2.12. The molecule has 0 saturated heterocycles. The minimum atomic E-state index is -4.42. The topological polar surface area (TPSA) is 100 Å². The van der Waals surface area contributed by atoms with Crippen LogP contribution in [0.5, 0.6) is 0 Å². The molecule has 0 spiro atoms. The molecule has 2 N–H and O–H groups in total. The number of nitrogens with zero attached hydrogens (tertiary/aromatic N) is 1. The average Bonchev–Trinajstić information content (AvgIpc) is 1.86. The smallest absolute Gasteiger partial charge is 0.282 e. The lowest BCUT2D eigenvalue weighted by molar-refractivity contribution is 0.481. The van der Waals surface area contributed by atoms with Crippen LogP contribution in [0, 0.1) is 0 Å². The van der Waals surface area contributed by atoms with Gasteiger partial charge in [0.2, 0.25) is 0 Å². The minimum Gasteiger partial charge on any atom is -0.282 e. The predicted molar refractivity (Wildman–Crippen MR) is 34.7 cm³/mol. The maximum absolute atomic E-state index is 10.6. The van der Waals surface area contributed by atoms with E-state index < -0.39 is 20.6 Å². The third-order valence-corrected chi connectivity index (χ3v) is 1.85. The third kappa shape index (κ3) is 1.63. The van der Waals surface area contributed by atoms with Gasteiger partial charge in [-0.1, -0.05) is 0 Å². The summed E-state index contributed by atoms with van der Waals surface area (Å²) in [5.74, 6) is 0.